The smallest absolute Gasteiger partial charge is 0.316 e. The van der Waals surface area contributed by atoms with E-state index in [0.717, 1.165) is 17.0 Å². The standard InChI is InChI=1S/C23H26ClN3O3S/c1-4-29-22(28)15-31-23-26-25-21(27(23)14-17-8-6-5-7-9-17)13-18-10-11-20(19(24)12-18)30-16(2)3/h5-12,16H,4,13-15H2,1-3H3. The number of thioether (sulfide) groups is 1. The first kappa shape index (κ1) is 23.2. The van der Waals surface area contributed by atoms with Gasteiger partial charge in [0.15, 0.2) is 5.16 Å². The Kier molecular flexibility index (Phi) is 8.37. The zero-order valence-electron chi connectivity index (χ0n) is 17.9. The lowest BCUT2D eigenvalue weighted by Crippen LogP contribution is -2.10. The fraction of sp³-hybridized carbons (Fsp3) is 0.348. The molecule has 0 unspecified atom stereocenters. The van der Waals surface area contributed by atoms with Crippen LogP contribution in [0.1, 0.15) is 37.7 Å². The fourth-order valence-electron chi connectivity index (χ4n) is 2.99. The highest BCUT2D eigenvalue weighted by Crippen LogP contribution is 2.28. The summed E-state index contributed by atoms with van der Waals surface area (Å²) in [5.41, 5.74) is 2.13. The summed E-state index contributed by atoms with van der Waals surface area (Å²) in [5.74, 6) is 1.38. The highest BCUT2D eigenvalue weighted by molar-refractivity contribution is 7.99. The van der Waals surface area contributed by atoms with Crippen LogP contribution < -0.4 is 4.74 Å². The summed E-state index contributed by atoms with van der Waals surface area (Å²) >= 11 is 7.73. The van der Waals surface area contributed by atoms with Crippen molar-refractivity contribution in [2.45, 2.75) is 45.0 Å². The number of hydrogen-bond acceptors (Lipinski definition) is 6. The summed E-state index contributed by atoms with van der Waals surface area (Å²) < 4.78 is 12.8. The first-order chi connectivity index (χ1) is 15.0. The van der Waals surface area contributed by atoms with Gasteiger partial charge in [0, 0.05) is 6.42 Å². The van der Waals surface area contributed by atoms with E-state index < -0.39 is 0 Å². The SMILES string of the molecule is CCOC(=O)CSc1nnc(Cc2ccc(OC(C)C)c(Cl)c2)n1Cc1ccccc1. The lowest BCUT2D eigenvalue weighted by molar-refractivity contribution is -0.139. The van der Waals surface area contributed by atoms with Crippen LogP contribution in [-0.2, 0) is 22.5 Å². The Balaban J connectivity index is 1.83. The Morgan fingerprint density at radius 1 is 1.13 bits per heavy atom. The zero-order valence-corrected chi connectivity index (χ0v) is 19.4. The highest BCUT2D eigenvalue weighted by Gasteiger charge is 2.16. The molecule has 1 heterocycles. The Morgan fingerprint density at radius 3 is 2.58 bits per heavy atom. The van der Waals surface area contributed by atoms with Crippen molar-refractivity contribution >= 4 is 29.3 Å². The van der Waals surface area contributed by atoms with Gasteiger partial charge in [0.2, 0.25) is 0 Å². The second-order valence-corrected chi connectivity index (χ2v) is 8.52. The van der Waals surface area contributed by atoms with E-state index in [1.165, 1.54) is 11.8 Å². The van der Waals surface area contributed by atoms with Gasteiger partial charge in [-0.05, 0) is 44.0 Å². The van der Waals surface area contributed by atoms with Crippen molar-refractivity contribution in [2.24, 2.45) is 0 Å². The molecule has 8 heteroatoms. The molecule has 0 saturated carbocycles. The maximum Gasteiger partial charge on any atom is 0.316 e. The Hall–Kier alpha value is -2.51. The largest absolute Gasteiger partial charge is 0.489 e. The van der Waals surface area contributed by atoms with Crippen LogP contribution in [0, 0.1) is 0 Å². The zero-order chi connectivity index (χ0) is 22.2. The molecule has 0 aliphatic carbocycles. The van der Waals surface area contributed by atoms with Gasteiger partial charge in [0.25, 0.3) is 0 Å². The number of rotatable bonds is 10. The van der Waals surface area contributed by atoms with Crippen molar-refractivity contribution in [1.82, 2.24) is 14.8 Å². The van der Waals surface area contributed by atoms with Crippen molar-refractivity contribution in [1.29, 1.82) is 0 Å². The second-order valence-electron chi connectivity index (χ2n) is 7.17. The van der Waals surface area contributed by atoms with Gasteiger partial charge in [-0.25, -0.2) is 0 Å². The molecular weight excluding hydrogens is 434 g/mol. The molecule has 0 atom stereocenters. The average Bonchev–Trinajstić information content (AvgIpc) is 3.10. The van der Waals surface area contributed by atoms with Crippen molar-refractivity contribution in [3.05, 3.63) is 70.5 Å². The molecule has 3 aromatic rings. The van der Waals surface area contributed by atoms with Gasteiger partial charge in [0.1, 0.15) is 11.6 Å². The number of esters is 1. The van der Waals surface area contributed by atoms with E-state index in [4.69, 9.17) is 21.1 Å². The van der Waals surface area contributed by atoms with Crippen LogP contribution in [0.2, 0.25) is 5.02 Å². The third-order valence-electron chi connectivity index (χ3n) is 4.32. The van der Waals surface area contributed by atoms with E-state index >= 15 is 0 Å². The number of halogens is 1. The second kappa shape index (κ2) is 11.2. The minimum Gasteiger partial charge on any atom is -0.489 e. The van der Waals surface area contributed by atoms with Gasteiger partial charge >= 0.3 is 5.97 Å². The summed E-state index contributed by atoms with van der Waals surface area (Å²) in [7, 11) is 0. The van der Waals surface area contributed by atoms with Crippen molar-refractivity contribution in [2.75, 3.05) is 12.4 Å². The first-order valence-corrected chi connectivity index (χ1v) is 11.5. The Morgan fingerprint density at radius 2 is 1.90 bits per heavy atom. The molecule has 1 aromatic heterocycles. The summed E-state index contributed by atoms with van der Waals surface area (Å²) in [5, 5.41) is 9.97. The summed E-state index contributed by atoms with van der Waals surface area (Å²) in [6.07, 6.45) is 0.609. The lowest BCUT2D eigenvalue weighted by atomic mass is 10.1. The predicted molar refractivity (Wildman–Crippen MR) is 123 cm³/mol. The van der Waals surface area contributed by atoms with Crippen LogP contribution in [0.5, 0.6) is 5.75 Å². The van der Waals surface area contributed by atoms with Crippen LogP contribution in [-0.4, -0.2) is 39.2 Å². The van der Waals surface area contributed by atoms with E-state index in [9.17, 15) is 4.79 Å². The monoisotopic (exact) mass is 459 g/mol. The number of ether oxygens (including phenoxy) is 2. The molecule has 0 amide bonds. The number of carbonyl (C=O) groups is 1. The lowest BCUT2D eigenvalue weighted by Gasteiger charge is -2.13. The van der Waals surface area contributed by atoms with Gasteiger partial charge in [-0.3, -0.25) is 4.79 Å². The molecule has 164 valence electrons. The van der Waals surface area contributed by atoms with E-state index in [0.29, 0.717) is 35.5 Å². The van der Waals surface area contributed by atoms with E-state index in [2.05, 4.69) is 22.3 Å². The van der Waals surface area contributed by atoms with E-state index in [1.54, 1.807) is 6.92 Å². The molecular formula is C23H26ClN3O3S. The van der Waals surface area contributed by atoms with E-state index in [-0.39, 0.29) is 17.8 Å². The van der Waals surface area contributed by atoms with Gasteiger partial charge in [-0.1, -0.05) is 59.8 Å². The Labute approximate surface area is 191 Å². The topological polar surface area (TPSA) is 66.2 Å². The van der Waals surface area contributed by atoms with Crippen molar-refractivity contribution < 1.29 is 14.3 Å². The molecule has 0 saturated heterocycles. The number of carbonyl (C=O) groups excluding carboxylic acids is 1. The van der Waals surface area contributed by atoms with Crippen LogP contribution in [0.3, 0.4) is 0 Å². The molecule has 0 spiro atoms. The number of nitrogens with zero attached hydrogens (tertiary/aromatic N) is 3. The van der Waals surface area contributed by atoms with Crippen molar-refractivity contribution in [3.63, 3.8) is 0 Å². The molecule has 0 aliphatic heterocycles. The molecule has 0 aliphatic rings. The normalized spacial score (nSPS) is 11.0. The maximum absolute atomic E-state index is 11.8. The number of hydrogen-bond donors (Lipinski definition) is 0. The summed E-state index contributed by atoms with van der Waals surface area (Å²) in [6.45, 7) is 6.69. The van der Waals surface area contributed by atoms with Crippen LogP contribution in [0.4, 0.5) is 0 Å². The number of benzene rings is 2. The molecule has 0 radical (unpaired) electrons. The highest BCUT2D eigenvalue weighted by atomic mass is 35.5. The molecule has 0 fully saturated rings. The fourth-order valence-corrected chi connectivity index (χ4v) is 4.00. The summed E-state index contributed by atoms with van der Waals surface area (Å²) in [4.78, 5) is 11.8. The predicted octanol–water partition coefficient (Wildman–Crippen LogP) is 5.01. The average molecular weight is 460 g/mol. The Bertz CT molecular complexity index is 1010. The quantitative estimate of drug-likeness (QED) is 0.313. The van der Waals surface area contributed by atoms with Crippen molar-refractivity contribution in [3.8, 4) is 5.75 Å². The molecule has 0 N–H and O–H groups in total. The van der Waals surface area contributed by atoms with Crippen LogP contribution in [0.25, 0.3) is 0 Å². The van der Waals surface area contributed by atoms with Gasteiger partial charge < -0.3 is 14.0 Å². The third kappa shape index (κ3) is 6.74. The maximum atomic E-state index is 11.8. The number of aromatic nitrogens is 3. The molecule has 3 rings (SSSR count). The molecule has 0 bridgehead atoms. The minimum absolute atomic E-state index is 0.0521. The van der Waals surface area contributed by atoms with Gasteiger partial charge in [-0.15, -0.1) is 10.2 Å². The molecule has 31 heavy (non-hydrogen) atoms. The van der Waals surface area contributed by atoms with E-state index in [1.807, 2.05) is 54.8 Å². The van der Waals surface area contributed by atoms with Crippen LogP contribution >= 0.6 is 23.4 Å². The first-order valence-electron chi connectivity index (χ1n) is 10.2. The van der Waals surface area contributed by atoms with Gasteiger partial charge in [-0.2, -0.15) is 0 Å². The van der Waals surface area contributed by atoms with Gasteiger partial charge in [0.05, 0.1) is 30.0 Å². The summed E-state index contributed by atoms with van der Waals surface area (Å²) in [6, 6.07) is 15.8. The molecule has 2 aromatic carbocycles. The third-order valence-corrected chi connectivity index (χ3v) is 5.56. The van der Waals surface area contributed by atoms with Crippen LogP contribution in [0.15, 0.2) is 53.7 Å². The molecule has 6 nitrogen and oxygen atoms in total. The minimum atomic E-state index is -0.268.